The molecule has 6 heteroatoms. The van der Waals surface area contributed by atoms with Gasteiger partial charge >= 0.3 is 0 Å². The Morgan fingerprint density at radius 1 is 1.22 bits per heavy atom. The van der Waals surface area contributed by atoms with E-state index in [9.17, 15) is 0 Å². The van der Waals surface area contributed by atoms with Crippen molar-refractivity contribution in [1.29, 1.82) is 0 Å². The summed E-state index contributed by atoms with van der Waals surface area (Å²) >= 11 is 11.6. The van der Waals surface area contributed by atoms with Crippen molar-refractivity contribution in [2.45, 2.75) is 20.3 Å². The van der Waals surface area contributed by atoms with Crippen LogP contribution in [0.4, 0.5) is 0 Å². The zero-order valence-electron chi connectivity index (χ0n) is 9.94. The summed E-state index contributed by atoms with van der Waals surface area (Å²) in [6.07, 6.45) is 2.16. The Bertz CT molecular complexity index is 575. The number of ether oxygens (including phenoxy) is 1. The first-order valence-corrected chi connectivity index (χ1v) is 6.18. The third-order valence-corrected chi connectivity index (χ3v) is 2.74. The Balaban J connectivity index is 2.36. The first-order chi connectivity index (χ1) is 8.60. The summed E-state index contributed by atoms with van der Waals surface area (Å²) in [6.45, 7) is 3.93. The predicted molar refractivity (Wildman–Crippen MR) is 70.5 cm³/mol. The van der Waals surface area contributed by atoms with Crippen LogP contribution in [0.5, 0.6) is 11.6 Å². The minimum atomic E-state index is 0.0903. The molecule has 2 aromatic rings. The highest BCUT2D eigenvalue weighted by atomic mass is 35.5. The van der Waals surface area contributed by atoms with Crippen LogP contribution in [-0.4, -0.2) is 15.0 Å². The molecule has 94 valence electrons. The number of rotatable bonds is 3. The van der Waals surface area contributed by atoms with Gasteiger partial charge in [-0.2, -0.15) is 4.98 Å². The maximum Gasteiger partial charge on any atom is 0.242 e. The van der Waals surface area contributed by atoms with E-state index in [0.717, 1.165) is 17.8 Å². The SMILES string of the molecule is CCc1nc(C)ccc1Oc1nc(Cl)ncc1Cl. The lowest BCUT2D eigenvalue weighted by atomic mass is 10.2. The number of nitrogens with zero attached hydrogens (tertiary/aromatic N) is 3. The van der Waals surface area contributed by atoms with Gasteiger partial charge in [-0.25, -0.2) is 4.98 Å². The maximum atomic E-state index is 5.94. The Morgan fingerprint density at radius 3 is 2.72 bits per heavy atom. The molecule has 0 amide bonds. The molecule has 0 atom stereocenters. The van der Waals surface area contributed by atoms with Gasteiger partial charge in [-0.15, -0.1) is 0 Å². The normalized spacial score (nSPS) is 10.4. The molecule has 0 saturated heterocycles. The fraction of sp³-hybridized carbons (Fsp3) is 0.250. The fourth-order valence-corrected chi connectivity index (χ4v) is 1.71. The molecule has 0 radical (unpaired) electrons. The third-order valence-electron chi connectivity index (χ3n) is 2.30. The molecule has 0 aliphatic carbocycles. The fourth-order valence-electron chi connectivity index (χ4n) is 1.45. The lowest BCUT2D eigenvalue weighted by Gasteiger charge is -2.10. The van der Waals surface area contributed by atoms with Crippen molar-refractivity contribution in [3.05, 3.63) is 40.0 Å². The van der Waals surface area contributed by atoms with Crippen molar-refractivity contribution in [1.82, 2.24) is 15.0 Å². The number of aromatic nitrogens is 3. The standard InChI is InChI=1S/C12H11Cl2N3O/c1-3-9-10(5-4-7(2)16-9)18-11-8(13)6-15-12(14)17-11/h4-6H,3H2,1-2H3. The number of hydrogen-bond acceptors (Lipinski definition) is 4. The monoisotopic (exact) mass is 283 g/mol. The van der Waals surface area contributed by atoms with Gasteiger partial charge < -0.3 is 4.74 Å². The van der Waals surface area contributed by atoms with E-state index < -0.39 is 0 Å². The Morgan fingerprint density at radius 2 is 2.00 bits per heavy atom. The summed E-state index contributed by atoms with van der Waals surface area (Å²) in [5, 5.41) is 0.398. The highest BCUT2D eigenvalue weighted by molar-refractivity contribution is 6.32. The van der Waals surface area contributed by atoms with E-state index in [0.29, 0.717) is 10.8 Å². The first-order valence-electron chi connectivity index (χ1n) is 5.42. The molecular weight excluding hydrogens is 273 g/mol. The van der Waals surface area contributed by atoms with Gasteiger partial charge in [-0.3, -0.25) is 4.98 Å². The molecule has 0 fully saturated rings. The summed E-state index contributed by atoms with van der Waals surface area (Å²) in [6, 6.07) is 3.71. The van der Waals surface area contributed by atoms with Crippen LogP contribution in [0.2, 0.25) is 10.3 Å². The van der Waals surface area contributed by atoms with Crippen molar-refractivity contribution < 1.29 is 4.74 Å². The van der Waals surface area contributed by atoms with Crippen LogP contribution < -0.4 is 4.74 Å². The van der Waals surface area contributed by atoms with Crippen LogP contribution in [0.15, 0.2) is 18.3 Å². The third kappa shape index (κ3) is 2.89. The Labute approximate surface area is 115 Å². The molecule has 2 rings (SSSR count). The molecule has 18 heavy (non-hydrogen) atoms. The van der Waals surface area contributed by atoms with Gasteiger partial charge in [0.25, 0.3) is 0 Å². The van der Waals surface area contributed by atoms with Gasteiger partial charge in [0.1, 0.15) is 5.02 Å². The molecule has 0 aliphatic rings. The second-order valence-corrected chi connectivity index (χ2v) is 4.39. The lowest BCUT2D eigenvalue weighted by molar-refractivity contribution is 0.453. The smallest absolute Gasteiger partial charge is 0.242 e. The second-order valence-electron chi connectivity index (χ2n) is 3.65. The number of hydrogen-bond donors (Lipinski definition) is 0. The van der Waals surface area contributed by atoms with Crippen LogP contribution in [0.1, 0.15) is 18.3 Å². The van der Waals surface area contributed by atoms with E-state index in [-0.39, 0.29) is 11.2 Å². The van der Waals surface area contributed by atoms with Gasteiger partial charge in [0.2, 0.25) is 11.2 Å². The molecule has 2 heterocycles. The van der Waals surface area contributed by atoms with E-state index >= 15 is 0 Å². The molecular formula is C12H11Cl2N3O. The van der Waals surface area contributed by atoms with Gasteiger partial charge in [-0.05, 0) is 37.1 Å². The van der Waals surface area contributed by atoms with Crippen LogP contribution in [0, 0.1) is 6.92 Å². The summed E-state index contributed by atoms with van der Waals surface area (Å²) in [7, 11) is 0. The molecule has 0 N–H and O–H groups in total. The molecule has 0 unspecified atom stereocenters. The van der Waals surface area contributed by atoms with Gasteiger partial charge in [-0.1, -0.05) is 18.5 Å². The summed E-state index contributed by atoms with van der Waals surface area (Å²) in [5.41, 5.74) is 1.78. The van der Waals surface area contributed by atoms with Gasteiger partial charge in [0.05, 0.1) is 11.9 Å². The first kappa shape index (κ1) is 13.1. The average Bonchev–Trinajstić information content (AvgIpc) is 2.36. The zero-order chi connectivity index (χ0) is 13.1. The van der Waals surface area contributed by atoms with Gasteiger partial charge in [0.15, 0.2) is 5.75 Å². The topological polar surface area (TPSA) is 47.9 Å². The molecule has 2 aromatic heterocycles. The minimum absolute atomic E-state index is 0.0903. The highest BCUT2D eigenvalue weighted by Crippen LogP contribution is 2.29. The molecule has 0 saturated carbocycles. The van der Waals surface area contributed by atoms with Crippen molar-refractivity contribution in [2.24, 2.45) is 0 Å². The van der Waals surface area contributed by atoms with Crippen molar-refractivity contribution in [3.63, 3.8) is 0 Å². The largest absolute Gasteiger partial charge is 0.435 e. The lowest BCUT2D eigenvalue weighted by Crippen LogP contribution is -1.98. The van der Waals surface area contributed by atoms with Crippen LogP contribution in [0.3, 0.4) is 0 Å². The summed E-state index contributed by atoms with van der Waals surface area (Å²) < 4.78 is 5.64. The molecule has 0 spiro atoms. The van der Waals surface area contributed by atoms with E-state index in [1.807, 2.05) is 26.0 Å². The summed E-state index contributed by atoms with van der Waals surface area (Å²) in [4.78, 5) is 12.1. The van der Waals surface area contributed by atoms with Crippen molar-refractivity contribution in [2.75, 3.05) is 0 Å². The van der Waals surface area contributed by atoms with Crippen molar-refractivity contribution >= 4 is 23.2 Å². The van der Waals surface area contributed by atoms with Crippen LogP contribution in [0.25, 0.3) is 0 Å². The Hall–Kier alpha value is -1.39. The van der Waals surface area contributed by atoms with E-state index in [1.54, 1.807) is 0 Å². The molecule has 0 aromatic carbocycles. The van der Waals surface area contributed by atoms with Crippen LogP contribution >= 0.6 is 23.2 Å². The Kier molecular flexibility index (Phi) is 3.99. The van der Waals surface area contributed by atoms with E-state index in [4.69, 9.17) is 27.9 Å². The number of pyridine rings is 1. The van der Waals surface area contributed by atoms with Crippen LogP contribution in [-0.2, 0) is 6.42 Å². The minimum Gasteiger partial charge on any atom is -0.435 e. The number of halogens is 2. The quantitative estimate of drug-likeness (QED) is 0.803. The maximum absolute atomic E-state index is 5.94. The van der Waals surface area contributed by atoms with E-state index in [2.05, 4.69) is 15.0 Å². The van der Waals surface area contributed by atoms with E-state index in [1.165, 1.54) is 6.20 Å². The highest BCUT2D eigenvalue weighted by Gasteiger charge is 2.10. The molecule has 4 nitrogen and oxygen atoms in total. The molecule has 0 bridgehead atoms. The average molecular weight is 284 g/mol. The zero-order valence-corrected chi connectivity index (χ0v) is 11.5. The van der Waals surface area contributed by atoms with Crippen molar-refractivity contribution in [3.8, 4) is 11.6 Å². The second kappa shape index (κ2) is 5.50. The number of aryl methyl sites for hydroxylation is 2. The predicted octanol–water partition coefficient (Wildman–Crippen LogP) is 3.84. The summed E-state index contributed by atoms with van der Waals surface area (Å²) in [5.74, 6) is 0.858. The van der Waals surface area contributed by atoms with Gasteiger partial charge in [0, 0.05) is 5.69 Å². The molecule has 0 aliphatic heterocycles.